The van der Waals surface area contributed by atoms with Crippen LogP contribution in [-0.4, -0.2) is 26.8 Å². The Morgan fingerprint density at radius 3 is 3.04 bits per heavy atom. The Labute approximate surface area is 153 Å². The predicted molar refractivity (Wildman–Crippen MR) is 97.7 cm³/mol. The molecule has 3 aromatic rings. The van der Waals surface area contributed by atoms with Gasteiger partial charge in [-0.25, -0.2) is 9.37 Å². The zero-order valence-electron chi connectivity index (χ0n) is 14.0. The number of nitrogens with zero attached hydrogens (tertiary/aromatic N) is 2. The fraction of sp³-hybridized carbons (Fsp3) is 0.167. The second-order valence-electron chi connectivity index (χ2n) is 5.50. The van der Waals surface area contributed by atoms with E-state index in [1.807, 2.05) is 6.07 Å². The van der Waals surface area contributed by atoms with Gasteiger partial charge in [0.15, 0.2) is 0 Å². The van der Waals surface area contributed by atoms with Gasteiger partial charge in [-0.15, -0.1) is 5.10 Å². The van der Waals surface area contributed by atoms with Crippen LogP contribution in [0.15, 0.2) is 46.2 Å². The molecule has 26 heavy (non-hydrogen) atoms. The van der Waals surface area contributed by atoms with Gasteiger partial charge < -0.3 is 9.73 Å². The Balaban J connectivity index is 1.45. The van der Waals surface area contributed by atoms with Crippen LogP contribution in [-0.2, 0) is 11.3 Å². The van der Waals surface area contributed by atoms with E-state index in [0.717, 1.165) is 5.56 Å². The zero-order chi connectivity index (χ0) is 18.4. The van der Waals surface area contributed by atoms with Crippen LogP contribution >= 0.6 is 11.8 Å². The molecule has 0 aliphatic rings. The molecule has 0 bridgehead atoms. The van der Waals surface area contributed by atoms with Gasteiger partial charge in [-0.3, -0.25) is 9.89 Å². The van der Waals surface area contributed by atoms with Crippen LogP contribution < -0.4 is 5.32 Å². The highest BCUT2D eigenvalue weighted by molar-refractivity contribution is 7.99. The summed E-state index contributed by atoms with van der Waals surface area (Å²) in [6.07, 6.45) is 5.09. The summed E-state index contributed by atoms with van der Waals surface area (Å²) in [7, 11) is 0. The van der Waals surface area contributed by atoms with Crippen molar-refractivity contribution in [3.05, 3.63) is 65.1 Å². The first-order valence-electron chi connectivity index (χ1n) is 7.88. The molecule has 8 heteroatoms. The van der Waals surface area contributed by atoms with E-state index >= 15 is 0 Å². The van der Waals surface area contributed by atoms with Crippen molar-refractivity contribution in [2.75, 3.05) is 5.75 Å². The highest BCUT2D eigenvalue weighted by Crippen LogP contribution is 2.14. The summed E-state index contributed by atoms with van der Waals surface area (Å²) in [5.74, 6) is 1.01. The number of H-pyrrole nitrogens is 1. The molecule has 0 aliphatic carbocycles. The average molecular weight is 372 g/mol. The first kappa shape index (κ1) is 17.9. The van der Waals surface area contributed by atoms with Crippen LogP contribution in [0.3, 0.4) is 0 Å². The van der Waals surface area contributed by atoms with Gasteiger partial charge in [0.2, 0.25) is 11.1 Å². The first-order chi connectivity index (χ1) is 12.6. The van der Waals surface area contributed by atoms with Crippen molar-refractivity contribution in [2.45, 2.75) is 18.6 Å². The Kier molecular flexibility index (Phi) is 5.85. The number of rotatable bonds is 7. The highest BCUT2D eigenvalue weighted by atomic mass is 32.2. The molecule has 6 nitrogen and oxygen atoms in total. The summed E-state index contributed by atoms with van der Waals surface area (Å²) >= 11 is 1.22. The third-order valence-electron chi connectivity index (χ3n) is 3.49. The normalized spacial score (nSPS) is 11.2. The number of amides is 1. The molecule has 0 saturated heterocycles. The molecular formula is C18H17FN4O2S. The van der Waals surface area contributed by atoms with Gasteiger partial charge in [0, 0.05) is 6.54 Å². The highest BCUT2D eigenvalue weighted by Gasteiger charge is 2.07. The van der Waals surface area contributed by atoms with E-state index in [9.17, 15) is 9.18 Å². The van der Waals surface area contributed by atoms with E-state index in [4.69, 9.17) is 4.42 Å². The largest absolute Gasteiger partial charge is 0.465 e. The number of aromatic nitrogens is 3. The van der Waals surface area contributed by atoms with Crippen molar-refractivity contribution < 1.29 is 13.6 Å². The van der Waals surface area contributed by atoms with Crippen molar-refractivity contribution in [1.82, 2.24) is 20.5 Å². The molecular weight excluding hydrogens is 355 g/mol. The number of aryl methyl sites for hydroxylation is 1. The topological polar surface area (TPSA) is 83.8 Å². The van der Waals surface area contributed by atoms with Crippen molar-refractivity contribution >= 4 is 29.8 Å². The van der Waals surface area contributed by atoms with E-state index in [1.165, 1.54) is 17.8 Å². The Bertz CT molecular complexity index is 906. The fourth-order valence-electron chi connectivity index (χ4n) is 2.07. The third-order valence-corrected chi connectivity index (χ3v) is 4.34. The number of aromatic amines is 1. The van der Waals surface area contributed by atoms with Gasteiger partial charge in [-0.2, -0.15) is 0 Å². The van der Waals surface area contributed by atoms with Gasteiger partial charge in [0.1, 0.15) is 17.4 Å². The molecule has 2 aromatic heterocycles. The summed E-state index contributed by atoms with van der Waals surface area (Å²) in [6, 6.07) is 8.53. The third kappa shape index (κ3) is 5.06. The minimum atomic E-state index is -0.276. The zero-order valence-corrected chi connectivity index (χ0v) is 14.8. The van der Waals surface area contributed by atoms with E-state index in [2.05, 4.69) is 20.5 Å². The van der Waals surface area contributed by atoms with Crippen LogP contribution in [0.25, 0.3) is 12.2 Å². The van der Waals surface area contributed by atoms with Gasteiger partial charge in [0.25, 0.3) is 0 Å². The number of hydrogen-bond donors (Lipinski definition) is 2. The summed E-state index contributed by atoms with van der Waals surface area (Å²) < 4.78 is 18.7. The van der Waals surface area contributed by atoms with E-state index in [1.54, 1.807) is 43.5 Å². The number of nitrogens with one attached hydrogen (secondary N) is 2. The number of hydrogen-bond acceptors (Lipinski definition) is 5. The van der Waals surface area contributed by atoms with E-state index < -0.39 is 0 Å². The molecule has 1 aromatic carbocycles. The summed E-state index contributed by atoms with van der Waals surface area (Å²) in [6.45, 7) is 1.98. The van der Waals surface area contributed by atoms with Gasteiger partial charge >= 0.3 is 0 Å². The molecule has 1 amide bonds. The standard InChI is InChI=1S/C18H17FN4O2S/c1-12-4-5-13(9-15(12)19)10-20-17(24)11-26-18-21-16(22-23-18)7-6-14-3-2-8-25-14/h2-9H,10-11H2,1H3,(H,20,24)(H,21,22,23). The van der Waals surface area contributed by atoms with Crippen molar-refractivity contribution in [2.24, 2.45) is 0 Å². The second kappa shape index (κ2) is 8.48. The number of halogens is 1. The van der Waals surface area contributed by atoms with Gasteiger partial charge in [-0.1, -0.05) is 23.9 Å². The maximum absolute atomic E-state index is 13.5. The molecule has 2 heterocycles. The minimum absolute atomic E-state index is 0.173. The van der Waals surface area contributed by atoms with Crippen LogP contribution in [0.2, 0.25) is 0 Å². The maximum Gasteiger partial charge on any atom is 0.230 e. The fourth-order valence-corrected chi connectivity index (χ4v) is 2.71. The van der Waals surface area contributed by atoms with Crippen molar-refractivity contribution in [1.29, 1.82) is 0 Å². The first-order valence-corrected chi connectivity index (χ1v) is 8.87. The molecule has 0 atom stereocenters. The molecule has 3 rings (SSSR count). The van der Waals surface area contributed by atoms with Crippen LogP contribution in [0.1, 0.15) is 22.7 Å². The Morgan fingerprint density at radius 2 is 2.27 bits per heavy atom. The monoisotopic (exact) mass is 372 g/mol. The summed E-state index contributed by atoms with van der Waals surface area (Å²) in [5.41, 5.74) is 1.30. The number of carbonyl (C=O) groups excluding carboxylic acids is 1. The summed E-state index contributed by atoms with van der Waals surface area (Å²) in [4.78, 5) is 16.2. The van der Waals surface area contributed by atoms with Crippen LogP contribution in [0.4, 0.5) is 4.39 Å². The average Bonchev–Trinajstić information content (AvgIpc) is 3.30. The van der Waals surface area contributed by atoms with Gasteiger partial charge in [-0.05, 0) is 48.4 Å². The number of thioether (sulfide) groups is 1. The Morgan fingerprint density at radius 1 is 1.38 bits per heavy atom. The molecule has 0 aliphatic heterocycles. The maximum atomic E-state index is 13.5. The smallest absolute Gasteiger partial charge is 0.230 e. The molecule has 0 unspecified atom stereocenters. The van der Waals surface area contributed by atoms with Crippen molar-refractivity contribution in [3.8, 4) is 0 Å². The van der Waals surface area contributed by atoms with Crippen LogP contribution in [0, 0.1) is 12.7 Å². The quantitative estimate of drug-likeness (QED) is 0.621. The lowest BCUT2D eigenvalue weighted by Crippen LogP contribution is -2.24. The van der Waals surface area contributed by atoms with Crippen LogP contribution in [0.5, 0.6) is 0 Å². The second-order valence-corrected chi connectivity index (χ2v) is 6.44. The Hall–Kier alpha value is -2.87. The van der Waals surface area contributed by atoms with E-state index in [0.29, 0.717) is 22.3 Å². The lowest BCUT2D eigenvalue weighted by molar-refractivity contribution is -0.118. The molecule has 134 valence electrons. The molecule has 0 saturated carbocycles. The number of carbonyl (C=O) groups is 1. The predicted octanol–water partition coefficient (Wildman–Crippen LogP) is 3.42. The minimum Gasteiger partial charge on any atom is -0.465 e. The van der Waals surface area contributed by atoms with Crippen molar-refractivity contribution in [3.63, 3.8) is 0 Å². The van der Waals surface area contributed by atoms with Gasteiger partial charge in [0.05, 0.1) is 12.0 Å². The number of benzene rings is 1. The molecule has 2 N–H and O–H groups in total. The lowest BCUT2D eigenvalue weighted by atomic mass is 10.1. The summed E-state index contributed by atoms with van der Waals surface area (Å²) in [5, 5.41) is 10.0. The molecule has 0 spiro atoms. The van der Waals surface area contributed by atoms with E-state index in [-0.39, 0.29) is 24.0 Å². The number of furan rings is 1. The molecule has 0 fully saturated rings. The SMILES string of the molecule is Cc1ccc(CNC(=O)CSc2n[nH]c(C=Cc3ccco3)n2)cc1F. The molecule has 0 radical (unpaired) electrons. The lowest BCUT2D eigenvalue weighted by Gasteiger charge is -2.05.